The van der Waals surface area contributed by atoms with Crippen molar-refractivity contribution in [3.63, 3.8) is 0 Å². The molecule has 2 heterocycles. The Morgan fingerprint density at radius 1 is 0.875 bits per heavy atom. The zero-order valence-corrected chi connectivity index (χ0v) is 27.1. The Bertz CT molecular complexity index is 2040. The van der Waals surface area contributed by atoms with E-state index in [2.05, 4.69) is 19.9 Å². The zero-order valence-electron chi connectivity index (χ0n) is 27.1. The number of aromatic nitrogens is 4. The average molecular weight is 645 g/mol. The molecule has 0 bridgehead atoms. The van der Waals surface area contributed by atoms with Crippen molar-refractivity contribution < 1.29 is 19.3 Å². The van der Waals surface area contributed by atoms with Crippen LogP contribution in [0, 0.1) is 0 Å². The van der Waals surface area contributed by atoms with E-state index in [4.69, 9.17) is 14.2 Å². The van der Waals surface area contributed by atoms with Gasteiger partial charge in [-0.15, -0.1) is 0 Å². The highest BCUT2D eigenvalue weighted by Gasteiger charge is 2.38. The summed E-state index contributed by atoms with van der Waals surface area (Å²) in [7, 11) is 6.92. The SMILES string of the molecule is COc1ccc(C(OCc2cc(CO)cc(-n3cnc4c(=O)[nH]c(/N=C/N(C)C)nc43)c2)(c2ccccc2)c2ccc(OC)cc2)cc1. The van der Waals surface area contributed by atoms with Crippen LogP contribution in [0.2, 0.25) is 0 Å². The maximum Gasteiger partial charge on any atom is 0.280 e. The molecule has 244 valence electrons. The Labute approximate surface area is 277 Å². The third-order valence-electron chi connectivity index (χ3n) is 7.93. The highest BCUT2D eigenvalue weighted by atomic mass is 16.5. The molecule has 0 saturated heterocycles. The van der Waals surface area contributed by atoms with E-state index >= 15 is 0 Å². The number of aliphatic hydroxyl groups excluding tert-OH is 1. The fourth-order valence-electron chi connectivity index (χ4n) is 5.64. The van der Waals surface area contributed by atoms with Crippen molar-refractivity contribution in [3.05, 3.63) is 142 Å². The third-order valence-corrected chi connectivity index (χ3v) is 7.93. The lowest BCUT2D eigenvalue weighted by atomic mass is 9.80. The second-order valence-electron chi connectivity index (χ2n) is 11.3. The summed E-state index contributed by atoms with van der Waals surface area (Å²) in [6, 6.07) is 31.4. The number of aliphatic hydroxyl groups is 1. The summed E-state index contributed by atoms with van der Waals surface area (Å²) in [5.41, 5.74) is 3.88. The normalized spacial score (nSPS) is 11.7. The van der Waals surface area contributed by atoms with Gasteiger partial charge in [-0.2, -0.15) is 4.98 Å². The molecule has 48 heavy (non-hydrogen) atoms. The van der Waals surface area contributed by atoms with Gasteiger partial charge in [-0.1, -0.05) is 60.7 Å². The number of ether oxygens (including phenoxy) is 3. The maximum absolute atomic E-state index is 12.8. The molecular formula is C37H36N6O5. The first kappa shape index (κ1) is 32.2. The summed E-state index contributed by atoms with van der Waals surface area (Å²) in [5.74, 6) is 1.61. The van der Waals surface area contributed by atoms with Crippen LogP contribution in [0.15, 0.2) is 113 Å². The van der Waals surface area contributed by atoms with E-state index in [0.29, 0.717) is 16.9 Å². The fraction of sp³-hybridized carbons (Fsp3) is 0.189. The number of H-pyrrole nitrogens is 1. The van der Waals surface area contributed by atoms with Gasteiger partial charge < -0.3 is 24.2 Å². The Balaban J connectivity index is 1.47. The molecule has 0 aliphatic rings. The summed E-state index contributed by atoms with van der Waals surface area (Å²) in [6.07, 6.45) is 3.09. The Hall–Kier alpha value is -5.78. The lowest BCUT2D eigenvalue weighted by Crippen LogP contribution is -2.32. The Kier molecular flexibility index (Phi) is 9.33. The van der Waals surface area contributed by atoms with Gasteiger partial charge in [0.25, 0.3) is 5.56 Å². The molecule has 0 saturated carbocycles. The highest BCUT2D eigenvalue weighted by Crippen LogP contribution is 2.42. The second kappa shape index (κ2) is 13.9. The molecule has 0 atom stereocenters. The van der Waals surface area contributed by atoms with Crippen LogP contribution < -0.4 is 15.0 Å². The van der Waals surface area contributed by atoms with E-state index in [1.165, 1.54) is 6.33 Å². The minimum absolute atomic E-state index is 0.149. The minimum Gasteiger partial charge on any atom is -0.497 e. The van der Waals surface area contributed by atoms with Gasteiger partial charge in [0.15, 0.2) is 11.2 Å². The standard InChI is InChI=1S/C37H36N6O5/c1-42(2)23-39-36-40-34-33(35(45)41-36)38-24-43(34)30-19-25(21-44)18-26(20-30)22-48-37(27-8-6-5-7-9-27,28-10-14-31(46-3)15-11-28)29-12-16-32(47-4)17-13-29/h5-20,23-24,44H,21-22H2,1-4H3,(H,40,41,45)/b39-23+. The van der Waals surface area contributed by atoms with Crippen LogP contribution in [0.4, 0.5) is 5.95 Å². The van der Waals surface area contributed by atoms with E-state index < -0.39 is 11.2 Å². The van der Waals surface area contributed by atoms with E-state index in [9.17, 15) is 9.90 Å². The number of methoxy groups -OCH3 is 2. The third kappa shape index (κ3) is 6.41. The summed E-state index contributed by atoms with van der Waals surface area (Å²) < 4.78 is 19.7. The van der Waals surface area contributed by atoms with Crippen LogP contribution in [0.25, 0.3) is 16.9 Å². The summed E-state index contributed by atoms with van der Waals surface area (Å²) >= 11 is 0. The molecule has 11 heteroatoms. The molecule has 0 fully saturated rings. The first-order valence-electron chi connectivity index (χ1n) is 15.2. The molecule has 0 spiro atoms. The number of hydrogen-bond acceptors (Lipinski definition) is 8. The van der Waals surface area contributed by atoms with E-state index in [-0.39, 0.29) is 24.7 Å². The number of fused-ring (bicyclic) bond motifs is 1. The summed E-state index contributed by atoms with van der Waals surface area (Å²) in [6.45, 7) is -0.0482. The molecule has 4 aromatic carbocycles. The highest BCUT2D eigenvalue weighted by molar-refractivity contribution is 5.73. The maximum atomic E-state index is 12.8. The van der Waals surface area contributed by atoms with Gasteiger partial charge in [0.1, 0.15) is 23.4 Å². The number of hydrogen-bond donors (Lipinski definition) is 2. The Morgan fingerprint density at radius 3 is 2.06 bits per heavy atom. The second-order valence-corrected chi connectivity index (χ2v) is 11.3. The van der Waals surface area contributed by atoms with E-state index in [1.807, 2.05) is 111 Å². The van der Waals surface area contributed by atoms with Gasteiger partial charge >= 0.3 is 0 Å². The van der Waals surface area contributed by atoms with Crippen LogP contribution in [0.5, 0.6) is 11.5 Å². The number of benzene rings is 4. The summed E-state index contributed by atoms with van der Waals surface area (Å²) in [5, 5.41) is 10.3. The van der Waals surface area contributed by atoms with Gasteiger partial charge in [0.2, 0.25) is 5.95 Å². The van der Waals surface area contributed by atoms with Crippen molar-refractivity contribution in [2.45, 2.75) is 18.8 Å². The minimum atomic E-state index is -1.04. The average Bonchev–Trinajstić information content (AvgIpc) is 3.56. The van der Waals surface area contributed by atoms with Gasteiger partial charge in [-0.3, -0.25) is 14.3 Å². The summed E-state index contributed by atoms with van der Waals surface area (Å²) in [4.78, 5) is 30.4. The lowest BCUT2D eigenvalue weighted by molar-refractivity contribution is 0.000142. The number of nitrogens with zero attached hydrogens (tertiary/aromatic N) is 5. The molecule has 0 aliphatic carbocycles. The molecule has 6 aromatic rings. The number of aliphatic imine (C=N–C) groups is 1. The molecule has 2 aromatic heterocycles. The molecule has 0 aliphatic heterocycles. The van der Waals surface area contributed by atoms with E-state index in [1.54, 1.807) is 30.0 Å². The first-order chi connectivity index (χ1) is 23.3. The predicted molar refractivity (Wildman–Crippen MR) is 184 cm³/mol. The van der Waals surface area contributed by atoms with Gasteiger partial charge in [-0.25, -0.2) is 9.98 Å². The Morgan fingerprint density at radius 2 is 1.48 bits per heavy atom. The van der Waals surface area contributed by atoms with Gasteiger partial charge in [0, 0.05) is 19.8 Å². The fourth-order valence-corrected chi connectivity index (χ4v) is 5.64. The van der Waals surface area contributed by atoms with Crippen molar-refractivity contribution in [2.24, 2.45) is 4.99 Å². The molecule has 11 nitrogen and oxygen atoms in total. The van der Waals surface area contributed by atoms with Crippen molar-refractivity contribution >= 4 is 23.5 Å². The largest absolute Gasteiger partial charge is 0.497 e. The van der Waals surface area contributed by atoms with Crippen molar-refractivity contribution in [2.75, 3.05) is 28.3 Å². The quantitative estimate of drug-likeness (QED) is 0.104. The number of imidazole rings is 1. The molecule has 2 N–H and O–H groups in total. The van der Waals surface area contributed by atoms with Gasteiger partial charge in [0.05, 0.1) is 33.8 Å². The van der Waals surface area contributed by atoms with E-state index in [0.717, 1.165) is 33.8 Å². The first-order valence-corrected chi connectivity index (χ1v) is 15.2. The smallest absolute Gasteiger partial charge is 0.280 e. The van der Waals surface area contributed by atoms with Crippen molar-refractivity contribution in [3.8, 4) is 17.2 Å². The van der Waals surface area contributed by atoms with Crippen LogP contribution in [-0.2, 0) is 23.6 Å². The molecule has 0 unspecified atom stereocenters. The van der Waals surface area contributed by atoms with Crippen LogP contribution >= 0.6 is 0 Å². The van der Waals surface area contributed by atoms with Crippen LogP contribution in [0.3, 0.4) is 0 Å². The number of rotatable bonds is 12. The molecule has 0 amide bonds. The zero-order chi connectivity index (χ0) is 33.7. The molecular weight excluding hydrogens is 608 g/mol. The van der Waals surface area contributed by atoms with Crippen molar-refractivity contribution in [1.82, 2.24) is 24.4 Å². The number of nitrogens with one attached hydrogen (secondary N) is 1. The molecule has 6 rings (SSSR count). The van der Waals surface area contributed by atoms with Crippen LogP contribution in [0.1, 0.15) is 27.8 Å². The monoisotopic (exact) mass is 644 g/mol. The van der Waals surface area contributed by atoms with Crippen LogP contribution in [-0.4, -0.2) is 64.2 Å². The number of aromatic amines is 1. The molecule has 0 radical (unpaired) electrons. The lowest BCUT2D eigenvalue weighted by Gasteiger charge is -2.36. The van der Waals surface area contributed by atoms with Gasteiger partial charge in [-0.05, 0) is 64.2 Å². The van der Waals surface area contributed by atoms with Crippen molar-refractivity contribution in [1.29, 1.82) is 0 Å². The predicted octanol–water partition coefficient (Wildman–Crippen LogP) is 5.35. The topological polar surface area (TPSA) is 127 Å².